The van der Waals surface area contributed by atoms with E-state index in [1.54, 1.807) is 4.90 Å². The van der Waals surface area contributed by atoms with Crippen LogP contribution in [-0.4, -0.2) is 70.6 Å². The first-order valence-corrected chi connectivity index (χ1v) is 9.62. The molecule has 4 rings (SSSR count). The summed E-state index contributed by atoms with van der Waals surface area (Å²) in [5, 5.41) is 7.12. The number of carbonyl (C=O) groups excluding carboxylic acids is 1. The molecule has 1 amide bonds. The van der Waals surface area contributed by atoms with Crippen molar-refractivity contribution in [2.45, 2.75) is 43.1 Å². The largest absolute Gasteiger partial charge is 0.490 e. The minimum absolute atomic E-state index is 0.0241. The molecule has 0 radical (unpaired) electrons. The van der Waals surface area contributed by atoms with Gasteiger partial charge < -0.3 is 19.5 Å². The Kier molecular flexibility index (Phi) is 6.40. The third-order valence-electron chi connectivity index (χ3n) is 5.72. The number of carboxylic acids is 1. The Labute approximate surface area is 174 Å². The molecular formula is C19H21F5N2O5. The third kappa shape index (κ3) is 4.89. The molecule has 1 N–H and O–H groups in total. The van der Waals surface area contributed by atoms with E-state index in [4.69, 9.17) is 19.4 Å². The number of nitrogens with zero attached hydrogens (tertiary/aromatic N) is 2. The minimum atomic E-state index is -5.08. The van der Waals surface area contributed by atoms with Gasteiger partial charge >= 0.3 is 12.1 Å². The molecule has 31 heavy (non-hydrogen) atoms. The van der Waals surface area contributed by atoms with Gasteiger partial charge in [0.15, 0.2) is 11.5 Å². The predicted octanol–water partition coefficient (Wildman–Crippen LogP) is 2.74. The average Bonchev–Trinajstić information content (AvgIpc) is 3.07. The summed E-state index contributed by atoms with van der Waals surface area (Å²) >= 11 is 0. The fourth-order valence-electron chi connectivity index (χ4n) is 3.75. The molecule has 7 nitrogen and oxygen atoms in total. The van der Waals surface area contributed by atoms with Gasteiger partial charge in [-0.25, -0.2) is 18.6 Å². The van der Waals surface area contributed by atoms with Gasteiger partial charge in [0.05, 0.1) is 19.7 Å². The lowest BCUT2D eigenvalue weighted by atomic mass is 9.76. The van der Waals surface area contributed by atoms with E-state index >= 15 is 0 Å². The van der Waals surface area contributed by atoms with E-state index in [0.717, 1.165) is 12.8 Å². The van der Waals surface area contributed by atoms with Crippen molar-refractivity contribution in [1.82, 2.24) is 9.88 Å². The Bertz CT molecular complexity index is 824. The number of likely N-dealkylation sites (tertiary alicyclic amines) is 1. The summed E-state index contributed by atoms with van der Waals surface area (Å²) in [6.45, 7) is 1.62. The van der Waals surface area contributed by atoms with Crippen molar-refractivity contribution < 1.29 is 46.1 Å². The molecule has 1 atom stereocenters. The summed E-state index contributed by atoms with van der Waals surface area (Å²) in [4.78, 5) is 26.5. The second-order valence-electron chi connectivity index (χ2n) is 7.78. The number of aliphatic carboxylic acids is 1. The lowest BCUT2D eigenvalue weighted by molar-refractivity contribution is -0.192. The zero-order valence-electron chi connectivity index (χ0n) is 16.3. The van der Waals surface area contributed by atoms with Crippen molar-refractivity contribution in [3.8, 4) is 5.88 Å². The van der Waals surface area contributed by atoms with E-state index in [-0.39, 0.29) is 18.4 Å². The normalized spacial score (nSPS) is 23.3. The van der Waals surface area contributed by atoms with Gasteiger partial charge in [-0.05, 0) is 37.8 Å². The van der Waals surface area contributed by atoms with E-state index in [2.05, 4.69) is 4.98 Å². The molecular weight excluding hydrogens is 431 g/mol. The van der Waals surface area contributed by atoms with Crippen molar-refractivity contribution in [2.24, 2.45) is 5.92 Å². The van der Waals surface area contributed by atoms with Crippen LogP contribution in [0.1, 0.15) is 25.7 Å². The number of carboxylic acid groups (broad SMARTS) is 1. The number of rotatable bonds is 4. The van der Waals surface area contributed by atoms with Crippen LogP contribution in [0.15, 0.2) is 18.3 Å². The molecule has 172 valence electrons. The molecule has 1 aromatic heterocycles. The molecule has 1 spiro atoms. The number of carbonyl (C=O) groups is 2. The number of alkyl halides is 4. The summed E-state index contributed by atoms with van der Waals surface area (Å²) in [7, 11) is 0. The lowest BCUT2D eigenvalue weighted by Gasteiger charge is -2.52. The topological polar surface area (TPSA) is 89.0 Å². The Morgan fingerprint density at radius 3 is 2.48 bits per heavy atom. The van der Waals surface area contributed by atoms with Gasteiger partial charge in [0.2, 0.25) is 5.88 Å². The summed E-state index contributed by atoms with van der Waals surface area (Å²) in [5.74, 6) is -3.65. The van der Waals surface area contributed by atoms with E-state index in [1.807, 2.05) is 0 Å². The van der Waals surface area contributed by atoms with Gasteiger partial charge in [0, 0.05) is 18.7 Å². The maximum absolute atomic E-state index is 14.3. The van der Waals surface area contributed by atoms with Crippen molar-refractivity contribution in [3.05, 3.63) is 24.1 Å². The van der Waals surface area contributed by atoms with Gasteiger partial charge in [0.25, 0.3) is 5.91 Å². The number of aromatic nitrogens is 1. The van der Waals surface area contributed by atoms with Crippen LogP contribution in [0.25, 0.3) is 0 Å². The number of pyridine rings is 1. The highest BCUT2D eigenvalue weighted by Crippen LogP contribution is 2.44. The molecule has 0 aromatic carbocycles. The highest BCUT2D eigenvalue weighted by molar-refractivity contribution is 5.87. The standard InChI is InChI=1S/C17H20F2N2O3.C2HF3O2/c18-13-3-1-7-20-14(13)23-9-12-4-8-24-17(12)10-21(11-17)15(22)16(19)5-2-6-16;3-2(4,5)1(6)7/h1,3,7,12H,2,4-6,8-11H2;(H,6,7). The zero-order valence-corrected chi connectivity index (χ0v) is 16.3. The molecule has 1 aromatic rings. The van der Waals surface area contributed by atoms with Crippen LogP contribution in [0.3, 0.4) is 0 Å². The minimum Gasteiger partial charge on any atom is -0.475 e. The number of ether oxygens (including phenoxy) is 2. The summed E-state index contributed by atoms with van der Waals surface area (Å²) in [5.41, 5.74) is -2.15. The average molecular weight is 452 g/mol. The molecule has 3 fully saturated rings. The fourth-order valence-corrected chi connectivity index (χ4v) is 3.75. The molecule has 2 aliphatic heterocycles. The van der Waals surface area contributed by atoms with Crippen LogP contribution in [0.2, 0.25) is 0 Å². The summed E-state index contributed by atoms with van der Waals surface area (Å²) in [6, 6.07) is 2.80. The van der Waals surface area contributed by atoms with E-state index in [0.29, 0.717) is 32.5 Å². The maximum Gasteiger partial charge on any atom is 0.490 e. The van der Waals surface area contributed by atoms with Crippen molar-refractivity contribution >= 4 is 11.9 Å². The smallest absolute Gasteiger partial charge is 0.475 e. The van der Waals surface area contributed by atoms with Gasteiger partial charge in [-0.15, -0.1) is 0 Å². The summed E-state index contributed by atoms with van der Waals surface area (Å²) in [6.07, 6.45) is -1.42. The maximum atomic E-state index is 14.3. The monoisotopic (exact) mass is 452 g/mol. The van der Waals surface area contributed by atoms with E-state index in [1.165, 1.54) is 18.3 Å². The second kappa shape index (κ2) is 8.56. The van der Waals surface area contributed by atoms with Gasteiger partial charge in [0.1, 0.15) is 5.60 Å². The molecule has 3 heterocycles. The first kappa shape index (κ1) is 23.2. The van der Waals surface area contributed by atoms with E-state index in [9.17, 15) is 26.7 Å². The number of halogens is 5. The zero-order chi connectivity index (χ0) is 22.9. The predicted molar refractivity (Wildman–Crippen MR) is 94.4 cm³/mol. The molecule has 1 unspecified atom stereocenters. The first-order chi connectivity index (χ1) is 14.5. The van der Waals surface area contributed by atoms with Crippen LogP contribution < -0.4 is 4.74 Å². The fraction of sp³-hybridized carbons (Fsp3) is 0.632. The van der Waals surface area contributed by atoms with Crippen molar-refractivity contribution in [1.29, 1.82) is 0 Å². The van der Waals surface area contributed by atoms with Crippen LogP contribution in [-0.2, 0) is 14.3 Å². The molecule has 12 heteroatoms. The lowest BCUT2D eigenvalue weighted by Crippen LogP contribution is -2.69. The second-order valence-corrected chi connectivity index (χ2v) is 7.78. The Morgan fingerprint density at radius 1 is 1.32 bits per heavy atom. The van der Waals surface area contributed by atoms with Gasteiger partial charge in [-0.3, -0.25) is 4.79 Å². The molecule has 2 saturated heterocycles. The highest BCUT2D eigenvalue weighted by atomic mass is 19.4. The van der Waals surface area contributed by atoms with Crippen LogP contribution in [0.5, 0.6) is 5.88 Å². The molecule has 1 aliphatic carbocycles. The van der Waals surface area contributed by atoms with Crippen molar-refractivity contribution in [3.63, 3.8) is 0 Å². The highest BCUT2D eigenvalue weighted by Gasteiger charge is 2.58. The Morgan fingerprint density at radius 2 is 1.97 bits per heavy atom. The Balaban J connectivity index is 0.000000339. The third-order valence-corrected chi connectivity index (χ3v) is 5.72. The molecule has 0 bridgehead atoms. The van der Waals surface area contributed by atoms with Gasteiger partial charge in [-0.2, -0.15) is 13.2 Å². The summed E-state index contributed by atoms with van der Waals surface area (Å²) < 4.78 is 70.9. The molecule has 1 saturated carbocycles. The van der Waals surface area contributed by atoms with Crippen LogP contribution >= 0.6 is 0 Å². The SMILES string of the molecule is O=C(N1CC2(C1)OCCC2COc1ncccc1F)C1(F)CCC1.O=C(O)C(F)(F)F. The molecule has 3 aliphatic rings. The quantitative estimate of drug-likeness (QED) is 0.707. The van der Waals surface area contributed by atoms with E-state index < -0.39 is 35.1 Å². The van der Waals surface area contributed by atoms with Gasteiger partial charge in [-0.1, -0.05) is 0 Å². The number of amides is 1. The number of hydrogen-bond donors (Lipinski definition) is 1. The van der Waals surface area contributed by atoms with Crippen molar-refractivity contribution in [2.75, 3.05) is 26.3 Å². The first-order valence-electron chi connectivity index (χ1n) is 9.62. The van der Waals surface area contributed by atoms with Crippen LogP contribution in [0, 0.1) is 11.7 Å². The Hall–Kier alpha value is -2.50. The van der Waals surface area contributed by atoms with Crippen LogP contribution in [0.4, 0.5) is 22.0 Å². The number of hydrogen-bond acceptors (Lipinski definition) is 5.